The lowest BCUT2D eigenvalue weighted by Gasteiger charge is -2.13. The van der Waals surface area contributed by atoms with E-state index in [1.807, 2.05) is 6.07 Å². The van der Waals surface area contributed by atoms with Gasteiger partial charge < -0.3 is 5.32 Å². The first-order valence-corrected chi connectivity index (χ1v) is 6.97. The maximum Gasteiger partial charge on any atom is 0.174 e. The van der Waals surface area contributed by atoms with Crippen molar-refractivity contribution < 1.29 is 4.79 Å². The largest absolute Gasteiger partial charge is 0.314 e. The number of rotatable bonds is 3. The summed E-state index contributed by atoms with van der Waals surface area (Å²) < 4.78 is 0.692. The molecule has 1 unspecified atom stereocenters. The molecule has 1 atom stereocenters. The molecule has 4 heteroatoms. The first-order valence-electron chi connectivity index (χ1n) is 5.77. The molecule has 1 aromatic rings. The van der Waals surface area contributed by atoms with E-state index in [9.17, 15) is 4.79 Å². The summed E-state index contributed by atoms with van der Waals surface area (Å²) in [6.45, 7) is 1.04. The van der Waals surface area contributed by atoms with Crippen LogP contribution in [-0.4, -0.2) is 18.4 Å². The summed E-state index contributed by atoms with van der Waals surface area (Å²) in [5, 5.41) is 3.44. The van der Waals surface area contributed by atoms with E-state index < -0.39 is 0 Å². The first kappa shape index (κ1) is 12.1. The fourth-order valence-corrected chi connectivity index (χ4v) is 3.06. The molecular weight excluding hydrogens is 242 g/mol. The Hall–Kier alpha value is -0.380. The monoisotopic (exact) mass is 257 g/mol. The highest BCUT2D eigenvalue weighted by molar-refractivity contribution is 7.18. The van der Waals surface area contributed by atoms with E-state index in [0.29, 0.717) is 16.8 Å². The second-order valence-corrected chi connectivity index (χ2v) is 5.95. The summed E-state index contributed by atoms with van der Waals surface area (Å²) in [4.78, 5) is 12.7. The van der Waals surface area contributed by atoms with E-state index in [4.69, 9.17) is 11.6 Å². The number of hydrogen-bond acceptors (Lipinski definition) is 3. The van der Waals surface area contributed by atoms with Gasteiger partial charge in [-0.2, -0.15) is 0 Å². The van der Waals surface area contributed by atoms with Crippen LogP contribution in [0.25, 0.3) is 0 Å². The van der Waals surface area contributed by atoms with Crippen LogP contribution in [0.15, 0.2) is 12.1 Å². The Bertz CT molecular complexity index is 356. The number of halogens is 1. The number of carbonyl (C=O) groups excluding carboxylic acids is 1. The van der Waals surface area contributed by atoms with Gasteiger partial charge in [-0.1, -0.05) is 24.4 Å². The number of ketones is 1. The highest BCUT2D eigenvalue weighted by Gasteiger charge is 2.17. The normalized spacial score (nSPS) is 21.7. The highest BCUT2D eigenvalue weighted by atomic mass is 35.5. The summed E-state index contributed by atoms with van der Waals surface area (Å²) in [6.07, 6.45) is 5.47. The van der Waals surface area contributed by atoms with E-state index >= 15 is 0 Å². The summed E-state index contributed by atoms with van der Waals surface area (Å²) in [6, 6.07) is 3.97. The van der Waals surface area contributed by atoms with Crippen molar-refractivity contribution in [3.8, 4) is 0 Å². The molecular formula is C12H16ClNOS. The first-order chi connectivity index (χ1) is 7.75. The topological polar surface area (TPSA) is 29.1 Å². The standard InChI is InChI=1S/C12H16ClNOS/c13-12-6-5-11(16-12)10(15)8-9-4-2-1-3-7-14-9/h5-6,9,14H,1-4,7-8H2. The van der Waals surface area contributed by atoms with Gasteiger partial charge in [0.05, 0.1) is 9.21 Å². The van der Waals surface area contributed by atoms with Gasteiger partial charge in [-0.15, -0.1) is 11.3 Å². The van der Waals surface area contributed by atoms with Crippen molar-refractivity contribution in [3.63, 3.8) is 0 Å². The third-order valence-corrected chi connectivity index (χ3v) is 4.21. The van der Waals surface area contributed by atoms with E-state index in [2.05, 4.69) is 5.32 Å². The second kappa shape index (κ2) is 5.80. The summed E-state index contributed by atoms with van der Waals surface area (Å²) in [5.41, 5.74) is 0. The van der Waals surface area contributed by atoms with Crippen molar-refractivity contribution in [1.29, 1.82) is 0 Å². The van der Waals surface area contributed by atoms with Crippen molar-refractivity contribution in [2.45, 2.75) is 38.1 Å². The smallest absolute Gasteiger partial charge is 0.174 e. The Morgan fingerprint density at radius 1 is 1.44 bits per heavy atom. The Morgan fingerprint density at radius 3 is 3.06 bits per heavy atom. The molecule has 2 rings (SSSR count). The van der Waals surface area contributed by atoms with Crippen LogP contribution in [-0.2, 0) is 0 Å². The Balaban J connectivity index is 1.90. The molecule has 1 aliphatic rings. The van der Waals surface area contributed by atoms with Crippen LogP contribution in [0.5, 0.6) is 0 Å². The van der Waals surface area contributed by atoms with Crippen LogP contribution >= 0.6 is 22.9 Å². The van der Waals surface area contributed by atoms with Crippen LogP contribution in [0.1, 0.15) is 41.8 Å². The van der Waals surface area contributed by atoms with E-state index in [1.165, 1.54) is 30.6 Å². The Labute approximate surface area is 105 Å². The minimum atomic E-state index is 0.219. The minimum absolute atomic E-state index is 0.219. The second-order valence-electron chi connectivity index (χ2n) is 4.23. The molecule has 1 aromatic heterocycles. The minimum Gasteiger partial charge on any atom is -0.314 e. The lowest BCUT2D eigenvalue weighted by atomic mass is 10.0. The molecule has 0 saturated carbocycles. The zero-order valence-electron chi connectivity index (χ0n) is 9.17. The van der Waals surface area contributed by atoms with Crippen molar-refractivity contribution in [1.82, 2.24) is 5.32 Å². The molecule has 0 aliphatic carbocycles. The third-order valence-electron chi connectivity index (χ3n) is 2.94. The highest BCUT2D eigenvalue weighted by Crippen LogP contribution is 2.23. The van der Waals surface area contributed by atoms with Gasteiger partial charge in [-0.3, -0.25) is 4.79 Å². The molecule has 0 aromatic carbocycles. The number of nitrogens with one attached hydrogen (secondary N) is 1. The van der Waals surface area contributed by atoms with Crippen LogP contribution in [0.4, 0.5) is 0 Å². The third kappa shape index (κ3) is 3.30. The molecule has 2 nitrogen and oxygen atoms in total. The fourth-order valence-electron chi connectivity index (χ4n) is 2.06. The van der Waals surface area contributed by atoms with Crippen LogP contribution in [0, 0.1) is 0 Å². The van der Waals surface area contributed by atoms with Crippen LogP contribution < -0.4 is 5.32 Å². The SMILES string of the molecule is O=C(CC1CCCCCN1)c1ccc(Cl)s1. The molecule has 1 fully saturated rings. The zero-order chi connectivity index (χ0) is 11.4. The summed E-state index contributed by atoms with van der Waals surface area (Å²) >= 11 is 7.20. The van der Waals surface area contributed by atoms with E-state index in [1.54, 1.807) is 6.07 Å². The number of carbonyl (C=O) groups is 1. The molecule has 88 valence electrons. The van der Waals surface area contributed by atoms with Gasteiger partial charge in [0.25, 0.3) is 0 Å². The lowest BCUT2D eigenvalue weighted by molar-refractivity contribution is 0.0972. The van der Waals surface area contributed by atoms with Gasteiger partial charge in [-0.25, -0.2) is 0 Å². The molecule has 16 heavy (non-hydrogen) atoms. The molecule has 1 aliphatic heterocycles. The number of thiophene rings is 1. The van der Waals surface area contributed by atoms with Crippen molar-refractivity contribution >= 4 is 28.7 Å². The molecule has 1 N–H and O–H groups in total. The molecule has 0 bridgehead atoms. The van der Waals surface area contributed by atoms with Gasteiger partial charge >= 0.3 is 0 Å². The van der Waals surface area contributed by atoms with Gasteiger partial charge in [0.1, 0.15) is 0 Å². The average molecular weight is 258 g/mol. The summed E-state index contributed by atoms with van der Waals surface area (Å²) in [5.74, 6) is 0.219. The maximum absolute atomic E-state index is 12.0. The van der Waals surface area contributed by atoms with Crippen LogP contribution in [0.2, 0.25) is 4.34 Å². The molecule has 1 saturated heterocycles. The molecule has 0 radical (unpaired) electrons. The zero-order valence-corrected chi connectivity index (χ0v) is 10.7. The molecule has 2 heterocycles. The van der Waals surface area contributed by atoms with Crippen molar-refractivity contribution in [3.05, 3.63) is 21.3 Å². The van der Waals surface area contributed by atoms with Gasteiger partial charge in [0, 0.05) is 12.5 Å². The van der Waals surface area contributed by atoms with Crippen molar-refractivity contribution in [2.75, 3.05) is 6.54 Å². The van der Waals surface area contributed by atoms with Gasteiger partial charge in [0.15, 0.2) is 5.78 Å². The predicted octanol–water partition coefficient (Wildman–Crippen LogP) is 3.51. The van der Waals surface area contributed by atoms with Crippen molar-refractivity contribution in [2.24, 2.45) is 0 Å². The predicted molar refractivity (Wildman–Crippen MR) is 68.5 cm³/mol. The Kier molecular flexibility index (Phi) is 4.38. The maximum atomic E-state index is 12.0. The molecule has 0 amide bonds. The fraction of sp³-hybridized carbons (Fsp3) is 0.583. The van der Waals surface area contributed by atoms with E-state index in [0.717, 1.165) is 17.8 Å². The average Bonchev–Trinajstić information content (AvgIpc) is 2.54. The summed E-state index contributed by atoms with van der Waals surface area (Å²) in [7, 11) is 0. The Morgan fingerprint density at radius 2 is 2.31 bits per heavy atom. The van der Waals surface area contributed by atoms with E-state index in [-0.39, 0.29) is 5.78 Å². The quantitative estimate of drug-likeness (QED) is 0.840. The van der Waals surface area contributed by atoms with Gasteiger partial charge in [-0.05, 0) is 31.5 Å². The lowest BCUT2D eigenvalue weighted by Crippen LogP contribution is -2.30. The number of Topliss-reactive ketones (excluding diaryl/α,β-unsaturated/α-hetero) is 1. The number of hydrogen-bond donors (Lipinski definition) is 1. The molecule has 0 spiro atoms. The van der Waals surface area contributed by atoms with Gasteiger partial charge in [0.2, 0.25) is 0 Å². The van der Waals surface area contributed by atoms with Crippen LogP contribution in [0.3, 0.4) is 0 Å².